The number of carbonyl (C=O) groups is 1. The SMILES string of the molecule is COc1ccc(OC)c(C2CCCN2C(=O)c2ccc(OC)c(OC)c2)c1. The van der Waals surface area contributed by atoms with Crippen molar-refractivity contribution in [3.05, 3.63) is 47.5 Å². The summed E-state index contributed by atoms with van der Waals surface area (Å²) in [4.78, 5) is 15.1. The van der Waals surface area contributed by atoms with E-state index < -0.39 is 0 Å². The van der Waals surface area contributed by atoms with Crippen LogP contribution in [0.15, 0.2) is 36.4 Å². The molecule has 6 nitrogen and oxygen atoms in total. The lowest BCUT2D eigenvalue weighted by atomic mass is 10.0. The van der Waals surface area contributed by atoms with Crippen LogP contribution < -0.4 is 18.9 Å². The Labute approximate surface area is 159 Å². The fourth-order valence-corrected chi connectivity index (χ4v) is 3.57. The number of ether oxygens (including phenoxy) is 4. The molecule has 1 atom stereocenters. The van der Waals surface area contributed by atoms with E-state index in [1.54, 1.807) is 46.6 Å². The summed E-state index contributed by atoms with van der Waals surface area (Å²) < 4.78 is 21.5. The van der Waals surface area contributed by atoms with Crippen LogP contribution in [-0.2, 0) is 0 Å². The van der Waals surface area contributed by atoms with Gasteiger partial charge >= 0.3 is 0 Å². The van der Waals surface area contributed by atoms with Gasteiger partial charge in [0.1, 0.15) is 11.5 Å². The third kappa shape index (κ3) is 3.65. The number of amides is 1. The first-order valence-corrected chi connectivity index (χ1v) is 8.87. The molecule has 0 spiro atoms. The van der Waals surface area contributed by atoms with Crippen LogP contribution in [-0.4, -0.2) is 45.8 Å². The smallest absolute Gasteiger partial charge is 0.254 e. The van der Waals surface area contributed by atoms with Gasteiger partial charge in [0, 0.05) is 17.7 Å². The second-order valence-electron chi connectivity index (χ2n) is 6.33. The topological polar surface area (TPSA) is 57.2 Å². The zero-order valence-electron chi connectivity index (χ0n) is 16.2. The number of hydrogen-bond acceptors (Lipinski definition) is 5. The van der Waals surface area contributed by atoms with Crippen molar-refractivity contribution in [3.63, 3.8) is 0 Å². The van der Waals surface area contributed by atoms with E-state index in [4.69, 9.17) is 18.9 Å². The van der Waals surface area contributed by atoms with E-state index in [0.29, 0.717) is 23.6 Å². The Morgan fingerprint density at radius 3 is 2.26 bits per heavy atom. The molecule has 2 aromatic carbocycles. The van der Waals surface area contributed by atoms with Gasteiger partial charge in [-0.1, -0.05) is 0 Å². The molecule has 2 aromatic rings. The maximum absolute atomic E-state index is 13.2. The molecule has 1 heterocycles. The zero-order valence-corrected chi connectivity index (χ0v) is 16.2. The second-order valence-corrected chi connectivity index (χ2v) is 6.33. The van der Waals surface area contributed by atoms with Crippen molar-refractivity contribution >= 4 is 5.91 Å². The maximum atomic E-state index is 13.2. The number of rotatable bonds is 6. The largest absolute Gasteiger partial charge is 0.497 e. The first-order chi connectivity index (χ1) is 13.1. The molecule has 0 bridgehead atoms. The highest BCUT2D eigenvalue weighted by Crippen LogP contribution is 2.40. The predicted molar refractivity (Wildman–Crippen MR) is 102 cm³/mol. The lowest BCUT2D eigenvalue weighted by molar-refractivity contribution is 0.0733. The van der Waals surface area contributed by atoms with E-state index in [9.17, 15) is 4.79 Å². The van der Waals surface area contributed by atoms with E-state index in [1.165, 1.54) is 0 Å². The summed E-state index contributed by atoms with van der Waals surface area (Å²) in [5.41, 5.74) is 1.53. The average Bonchev–Trinajstić information content (AvgIpc) is 3.21. The van der Waals surface area contributed by atoms with Crippen LogP contribution in [0.5, 0.6) is 23.0 Å². The Bertz CT molecular complexity index is 820. The first kappa shape index (κ1) is 18.9. The molecule has 3 rings (SSSR count). The summed E-state index contributed by atoms with van der Waals surface area (Å²) >= 11 is 0. The Morgan fingerprint density at radius 1 is 0.889 bits per heavy atom. The predicted octanol–water partition coefficient (Wildman–Crippen LogP) is 3.70. The number of hydrogen-bond donors (Lipinski definition) is 0. The maximum Gasteiger partial charge on any atom is 0.254 e. The molecular formula is C21H25NO5. The minimum atomic E-state index is -0.0596. The Morgan fingerprint density at radius 2 is 1.59 bits per heavy atom. The van der Waals surface area contributed by atoms with Gasteiger partial charge in [0.05, 0.1) is 34.5 Å². The molecule has 1 amide bonds. The van der Waals surface area contributed by atoms with Crippen molar-refractivity contribution < 1.29 is 23.7 Å². The third-order valence-electron chi connectivity index (χ3n) is 4.94. The standard InChI is InChI=1S/C21H25NO5/c1-24-15-8-10-18(25-2)16(13-15)17-6-5-11-22(17)21(23)14-7-9-19(26-3)20(12-14)27-4/h7-10,12-13,17H,5-6,11H2,1-4H3. The van der Waals surface area contributed by atoms with Crippen LogP contribution in [0.1, 0.15) is 34.8 Å². The monoisotopic (exact) mass is 371 g/mol. The van der Waals surface area contributed by atoms with Gasteiger partial charge < -0.3 is 23.8 Å². The highest BCUT2D eigenvalue weighted by Gasteiger charge is 2.33. The molecule has 0 N–H and O–H groups in total. The van der Waals surface area contributed by atoms with E-state index in [1.807, 2.05) is 23.1 Å². The van der Waals surface area contributed by atoms with Crippen molar-refractivity contribution in [1.29, 1.82) is 0 Å². The summed E-state index contributed by atoms with van der Waals surface area (Å²) in [5.74, 6) is 2.60. The number of likely N-dealkylation sites (tertiary alicyclic amines) is 1. The summed E-state index contributed by atoms with van der Waals surface area (Å²) in [6, 6.07) is 10.9. The lowest BCUT2D eigenvalue weighted by Gasteiger charge is -2.27. The zero-order chi connectivity index (χ0) is 19.4. The van der Waals surface area contributed by atoms with E-state index >= 15 is 0 Å². The first-order valence-electron chi connectivity index (χ1n) is 8.87. The number of methoxy groups -OCH3 is 4. The molecule has 144 valence electrons. The van der Waals surface area contributed by atoms with E-state index in [0.717, 1.165) is 29.9 Å². The number of nitrogens with zero attached hydrogens (tertiary/aromatic N) is 1. The van der Waals surface area contributed by atoms with Crippen molar-refractivity contribution in [1.82, 2.24) is 4.90 Å². The summed E-state index contributed by atoms with van der Waals surface area (Å²) in [6.07, 6.45) is 1.81. The molecule has 27 heavy (non-hydrogen) atoms. The fraction of sp³-hybridized carbons (Fsp3) is 0.381. The Kier molecular flexibility index (Phi) is 5.74. The minimum absolute atomic E-state index is 0.0386. The molecular weight excluding hydrogens is 346 g/mol. The Hall–Kier alpha value is -2.89. The van der Waals surface area contributed by atoms with Crippen LogP contribution in [0, 0.1) is 0 Å². The quantitative estimate of drug-likeness (QED) is 0.775. The fourth-order valence-electron chi connectivity index (χ4n) is 3.57. The van der Waals surface area contributed by atoms with Crippen molar-refractivity contribution in [2.24, 2.45) is 0 Å². The molecule has 1 aliphatic heterocycles. The number of carbonyl (C=O) groups excluding carboxylic acids is 1. The van der Waals surface area contributed by atoms with Gasteiger partial charge in [0.15, 0.2) is 11.5 Å². The van der Waals surface area contributed by atoms with Gasteiger partial charge in [-0.3, -0.25) is 4.79 Å². The van der Waals surface area contributed by atoms with Gasteiger partial charge in [0.2, 0.25) is 0 Å². The van der Waals surface area contributed by atoms with Gasteiger partial charge in [0.25, 0.3) is 5.91 Å². The molecule has 1 aliphatic rings. The molecule has 0 aromatic heterocycles. The highest BCUT2D eigenvalue weighted by atomic mass is 16.5. The third-order valence-corrected chi connectivity index (χ3v) is 4.94. The van der Waals surface area contributed by atoms with Crippen LogP contribution in [0.2, 0.25) is 0 Å². The van der Waals surface area contributed by atoms with Gasteiger partial charge in [-0.25, -0.2) is 0 Å². The molecule has 1 fully saturated rings. The average molecular weight is 371 g/mol. The van der Waals surface area contributed by atoms with E-state index in [2.05, 4.69) is 0 Å². The molecule has 0 aliphatic carbocycles. The number of benzene rings is 2. The van der Waals surface area contributed by atoms with Crippen LogP contribution in [0.3, 0.4) is 0 Å². The molecule has 1 unspecified atom stereocenters. The molecule has 0 saturated carbocycles. The molecule has 6 heteroatoms. The van der Waals surface area contributed by atoms with Crippen LogP contribution in [0.4, 0.5) is 0 Å². The minimum Gasteiger partial charge on any atom is -0.497 e. The van der Waals surface area contributed by atoms with Gasteiger partial charge in [-0.2, -0.15) is 0 Å². The molecule has 1 saturated heterocycles. The summed E-state index contributed by atoms with van der Waals surface area (Å²) in [5, 5.41) is 0. The van der Waals surface area contributed by atoms with Crippen LogP contribution >= 0.6 is 0 Å². The van der Waals surface area contributed by atoms with Crippen molar-refractivity contribution in [2.45, 2.75) is 18.9 Å². The van der Waals surface area contributed by atoms with Gasteiger partial charge in [-0.15, -0.1) is 0 Å². The molecule has 0 radical (unpaired) electrons. The summed E-state index contributed by atoms with van der Waals surface area (Å²) in [6.45, 7) is 0.693. The summed E-state index contributed by atoms with van der Waals surface area (Å²) in [7, 11) is 6.41. The Balaban J connectivity index is 1.94. The van der Waals surface area contributed by atoms with Gasteiger partial charge in [-0.05, 0) is 49.2 Å². The second kappa shape index (κ2) is 8.20. The van der Waals surface area contributed by atoms with E-state index in [-0.39, 0.29) is 11.9 Å². The van der Waals surface area contributed by atoms with Crippen molar-refractivity contribution in [2.75, 3.05) is 35.0 Å². The van der Waals surface area contributed by atoms with Crippen LogP contribution in [0.25, 0.3) is 0 Å². The normalized spacial score (nSPS) is 16.1. The lowest BCUT2D eigenvalue weighted by Crippen LogP contribution is -2.30. The van der Waals surface area contributed by atoms with Crippen molar-refractivity contribution in [3.8, 4) is 23.0 Å². The highest BCUT2D eigenvalue weighted by molar-refractivity contribution is 5.95.